The fourth-order valence-corrected chi connectivity index (χ4v) is 3.44. The van der Waals surface area contributed by atoms with E-state index in [9.17, 15) is 9.59 Å². The van der Waals surface area contributed by atoms with Crippen molar-refractivity contribution in [2.45, 2.75) is 26.7 Å². The minimum absolute atomic E-state index is 0.0895. The van der Waals surface area contributed by atoms with Crippen molar-refractivity contribution in [2.24, 2.45) is 0 Å². The van der Waals surface area contributed by atoms with Crippen molar-refractivity contribution in [2.75, 3.05) is 6.54 Å². The fraction of sp³-hybridized carbons (Fsp3) is 0.227. The molecule has 0 atom stereocenters. The summed E-state index contributed by atoms with van der Waals surface area (Å²) in [7, 11) is 0. The molecule has 4 rings (SSSR count). The molecule has 28 heavy (non-hydrogen) atoms. The molecule has 3 aromatic heterocycles. The summed E-state index contributed by atoms with van der Waals surface area (Å²) in [4.78, 5) is 33.2. The number of amides is 1. The normalized spacial score (nSPS) is 11.2. The van der Waals surface area contributed by atoms with E-state index in [4.69, 9.17) is 0 Å². The van der Waals surface area contributed by atoms with Gasteiger partial charge in [0.25, 0.3) is 0 Å². The molecule has 0 saturated carbocycles. The Hall–Kier alpha value is -3.41. The minimum atomic E-state index is -0.181. The van der Waals surface area contributed by atoms with Gasteiger partial charge in [0.1, 0.15) is 5.65 Å². The van der Waals surface area contributed by atoms with Gasteiger partial charge in [-0.15, -0.1) is 0 Å². The zero-order valence-electron chi connectivity index (χ0n) is 16.0. The van der Waals surface area contributed by atoms with Crippen molar-refractivity contribution in [1.29, 1.82) is 0 Å². The highest BCUT2D eigenvalue weighted by Crippen LogP contribution is 2.26. The van der Waals surface area contributed by atoms with Gasteiger partial charge in [0.15, 0.2) is 5.78 Å². The van der Waals surface area contributed by atoms with Crippen LogP contribution in [0.5, 0.6) is 0 Å². The summed E-state index contributed by atoms with van der Waals surface area (Å²) < 4.78 is 1.56. The van der Waals surface area contributed by atoms with Crippen LogP contribution in [0.1, 0.15) is 41.3 Å². The second kappa shape index (κ2) is 7.31. The first kappa shape index (κ1) is 18.0. The molecular formula is C22H22N4O2. The molecule has 1 aromatic carbocycles. The molecule has 0 aliphatic rings. The second-order valence-electron chi connectivity index (χ2n) is 6.95. The number of unbranched alkanes of at least 4 members (excludes halogenated alkanes) is 1. The Bertz CT molecular complexity index is 1190. The molecule has 2 N–H and O–H groups in total. The van der Waals surface area contributed by atoms with Gasteiger partial charge in [0.05, 0.1) is 5.52 Å². The maximum atomic E-state index is 13.3. The lowest BCUT2D eigenvalue weighted by Gasteiger charge is -2.07. The summed E-state index contributed by atoms with van der Waals surface area (Å²) in [6.45, 7) is 4.66. The Morgan fingerprint density at radius 3 is 2.86 bits per heavy atom. The van der Waals surface area contributed by atoms with Crippen LogP contribution in [0.25, 0.3) is 21.9 Å². The van der Waals surface area contributed by atoms with Crippen LogP contribution in [-0.2, 0) is 0 Å². The molecule has 1 amide bonds. The number of ketones is 1. The summed E-state index contributed by atoms with van der Waals surface area (Å²) in [5.41, 5.74) is 3.55. The van der Waals surface area contributed by atoms with Crippen LogP contribution in [0.2, 0.25) is 0 Å². The number of carbonyl (C=O) groups excluding carboxylic acids is 2. The van der Waals surface area contributed by atoms with Gasteiger partial charge in [-0.05, 0) is 37.1 Å². The molecule has 6 heteroatoms. The Kier molecular flexibility index (Phi) is 4.69. The van der Waals surface area contributed by atoms with Crippen molar-refractivity contribution in [3.8, 4) is 0 Å². The highest BCUT2D eigenvalue weighted by molar-refractivity contribution is 6.21. The first-order valence-corrected chi connectivity index (χ1v) is 9.47. The maximum Gasteiger partial charge on any atom is 0.326 e. The van der Waals surface area contributed by atoms with Gasteiger partial charge in [-0.25, -0.2) is 9.78 Å². The van der Waals surface area contributed by atoms with E-state index in [0.717, 1.165) is 29.2 Å². The van der Waals surface area contributed by atoms with E-state index in [2.05, 4.69) is 22.2 Å². The number of aryl methyl sites for hydroxylation is 1. The lowest BCUT2D eigenvalue weighted by molar-refractivity contribution is 0.104. The topological polar surface area (TPSA) is 79.8 Å². The van der Waals surface area contributed by atoms with Crippen molar-refractivity contribution in [3.63, 3.8) is 0 Å². The van der Waals surface area contributed by atoms with E-state index in [-0.39, 0.29) is 11.8 Å². The lowest BCUT2D eigenvalue weighted by atomic mass is 10.00. The van der Waals surface area contributed by atoms with Crippen LogP contribution >= 0.6 is 0 Å². The fourth-order valence-electron chi connectivity index (χ4n) is 3.44. The van der Waals surface area contributed by atoms with E-state index < -0.39 is 0 Å². The zero-order valence-corrected chi connectivity index (χ0v) is 16.0. The van der Waals surface area contributed by atoms with Gasteiger partial charge in [-0.3, -0.25) is 9.36 Å². The Morgan fingerprint density at radius 1 is 1.18 bits per heavy atom. The highest BCUT2D eigenvalue weighted by atomic mass is 16.2. The van der Waals surface area contributed by atoms with Crippen molar-refractivity contribution < 1.29 is 9.59 Å². The number of H-pyrrole nitrogens is 1. The minimum Gasteiger partial charge on any atom is -0.345 e. The number of nitrogens with zero attached hydrogens (tertiary/aromatic N) is 2. The number of hydrogen-bond donors (Lipinski definition) is 2. The van der Waals surface area contributed by atoms with Crippen LogP contribution in [0.4, 0.5) is 4.79 Å². The van der Waals surface area contributed by atoms with Crippen molar-refractivity contribution in [3.05, 3.63) is 65.6 Å². The standard InChI is InChI=1S/C22H22N4O2/c1-3-4-9-23-22(28)26-10-8-15-16(6-5-7-19(15)26)20(27)18-13-25-21-17(18)11-14(2)12-24-21/h5-8,10-13H,3-4,9H2,1-2H3,(H,23,28)(H,24,25). The summed E-state index contributed by atoms with van der Waals surface area (Å²) >= 11 is 0. The van der Waals surface area contributed by atoms with E-state index in [1.165, 1.54) is 0 Å². The van der Waals surface area contributed by atoms with E-state index in [1.807, 2.05) is 31.2 Å². The summed E-state index contributed by atoms with van der Waals surface area (Å²) in [5, 5.41) is 4.47. The lowest BCUT2D eigenvalue weighted by Crippen LogP contribution is -2.28. The van der Waals surface area contributed by atoms with Crippen LogP contribution in [0.15, 0.2) is 48.9 Å². The molecule has 0 saturated heterocycles. The SMILES string of the molecule is CCCCNC(=O)n1ccc2c(C(=O)c3c[nH]c4ncc(C)cc34)cccc21. The quantitative estimate of drug-likeness (QED) is 0.401. The third-order valence-electron chi connectivity index (χ3n) is 4.92. The number of fused-ring (bicyclic) bond motifs is 2. The number of aromatic amines is 1. The first-order valence-electron chi connectivity index (χ1n) is 9.47. The number of hydrogen-bond acceptors (Lipinski definition) is 3. The molecule has 0 aliphatic heterocycles. The predicted octanol–water partition coefficient (Wildman–Crippen LogP) is 4.41. The van der Waals surface area contributed by atoms with Gasteiger partial charge in [-0.2, -0.15) is 0 Å². The van der Waals surface area contributed by atoms with Gasteiger partial charge in [0, 0.05) is 47.0 Å². The molecule has 0 bridgehead atoms. The molecule has 4 aromatic rings. The molecular weight excluding hydrogens is 352 g/mol. The number of carbonyl (C=O) groups is 2. The predicted molar refractivity (Wildman–Crippen MR) is 110 cm³/mol. The molecule has 0 radical (unpaired) electrons. The van der Waals surface area contributed by atoms with E-state index >= 15 is 0 Å². The number of pyridine rings is 1. The average molecular weight is 374 g/mol. The molecule has 0 fully saturated rings. The maximum absolute atomic E-state index is 13.3. The molecule has 0 unspecified atom stereocenters. The Labute approximate surface area is 162 Å². The second-order valence-corrected chi connectivity index (χ2v) is 6.95. The van der Waals surface area contributed by atoms with Gasteiger partial charge in [-0.1, -0.05) is 25.5 Å². The number of nitrogens with one attached hydrogen (secondary N) is 2. The molecule has 0 spiro atoms. The average Bonchev–Trinajstić information content (AvgIpc) is 3.31. The third kappa shape index (κ3) is 3.07. The Balaban J connectivity index is 1.74. The molecule has 142 valence electrons. The summed E-state index contributed by atoms with van der Waals surface area (Å²) in [6, 6.07) is 9.06. The van der Waals surface area contributed by atoms with Gasteiger partial charge >= 0.3 is 6.03 Å². The third-order valence-corrected chi connectivity index (χ3v) is 4.92. The van der Waals surface area contributed by atoms with Crippen LogP contribution in [-0.4, -0.2) is 32.9 Å². The summed E-state index contributed by atoms with van der Waals surface area (Å²) in [5.74, 6) is -0.0895. The molecule has 3 heterocycles. The van der Waals surface area contributed by atoms with E-state index in [1.54, 1.807) is 29.2 Å². The molecule has 6 nitrogen and oxygen atoms in total. The highest BCUT2D eigenvalue weighted by Gasteiger charge is 2.19. The molecule has 0 aliphatic carbocycles. The van der Waals surface area contributed by atoms with Crippen LogP contribution in [0, 0.1) is 6.92 Å². The van der Waals surface area contributed by atoms with Crippen molar-refractivity contribution in [1.82, 2.24) is 19.9 Å². The summed E-state index contributed by atoms with van der Waals surface area (Å²) in [6.07, 6.45) is 7.13. The number of aromatic nitrogens is 3. The smallest absolute Gasteiger partial charge is 0.326 e. The zero-order chi connectivity index (χ0) is 19.7. The monoisotopic (exact) mass is 374 g/mol. The van der Waals surface area contributed by atoms with Gasteiger partial charge in [0.2, 0.25) is 0 Å². The van der Waals surface area contributed by atoms with Gasteiger partial charge < -0.3 is 10.3 Å². The largest absolute Gasteiger partial charge is 0.345 e. The first-order chi connectivity index (χ1) is 13.6. The van der Waals surface area contributed by atoms with E-state index in [0.29, 0.717) is 28.8 Å². The van der Waals surface area contributed by atoms with Crippen molar-refractivity contribution >= 4 is 33.8 Å². The van der Waals surface area contributed by atoms with Crippen LogP contribution < -0.4 is 5.32 Å². The number of benzene rings is 1. The van der Waals surface area contributed by atoms with Crippen LogP contribution in [0.3, 0.4) is 0 Å². The number of rotatable bonds is 5. The Morgan fingerprint density at radius 2 is 2.04 bits per heavy atom.